The molecule has 3 aromatic rings. The fourth-order valence-corrected chi connectivity index (χ4v) is 2.24. The lowest BCUT2D eigenvalue weighted by atomic mass is 10.2. The normalized spacial score (nSPS) is 11.0. The minimum absolute atomic E-state index is 0.234. The van der Waals surface area contributed by atoms with E-state index in [0.29, 0.717) is 6.54 Å². The van der Waals surface area contributed by atoms with Gasteiger partial charge in [-0.15, -0.1) is 0 Å². The maximum atomic E-state index is 12.4. The smallest absolute Gasteiger partial charge is 0.139 e. The molecule has 0 bridgehead atoms. The molecule has 3 rings (SSSR count). The van der Waals surface area contributed by atoms with Crippen LogP contribution in [0.2, 0.25) is 0 Å². The standard InChI is InChI=1S/C16H16FN3O/c1-19(9-7-17)13-6-8-20-11-15(18-16(20)10-13)12-2-4-14(21)5-3-12/h2-6,8,10-11,21H,7,9H2,1H3. The summed E-state index contributed by atoms with van der Waals surface area (Å²) in [6.45, 7) is -0.0173. The SMILES string of the molecule is CN(CCF)c1ccn2cc(-c3ccc(O)cc3)nc2c1. The third kappa shape index (κ3) is 2.67. The van der Waals surface area contributed by atoms with Crippen LogP contribution in [-0.4, -0.2) is 34.8 Å². The van der Waals surface area contributed by atoms with Crippen LogP contribution < -0.4 is 4.90 Å². The lowest BCUT2D eigenvalue weighted by molar-refractivity contribution is 0.475. The summed E-state index contributed by atoms with van der Waals surface area (Å²) in [6, 6.07) is 10.8. The predicted molar refractivity (Wildman–Crippen MR) is 81.5 cm³/mol. The molecule has 1 aromatic carbocycles. The van der Waals surface area contributed by atoms with Gasteiger partial charge in [0.1, 0.15) is 18.1 Å². The fraction of sp³-hybridized carbons (Fsp3) is 0.188. The number of alkyl halides is 1. The molecule has 0 unspecified atom stereocenters. The summed E-state index contributed by atoms with van der Waals surface area (Å²) in [5.74, 6) is 0.234. The third-order valence-corrected chi connectivity index (χ3v) is 3.47. The first-order valence-electron chi connectivity index (χ1n) is 6.72. The van der Waals surface area contributed by atoms with Crippen molar-refractivity contribution in [1.82, 2.24) is 9.38 Å². The van der Waals surface area contributed by atoms with Crippen molar-refractivity contribution in [3.63, 3.8) is 0 Å². The molecule has 2 heterocycles. The molecule has 0 spiro atoms. The summed E-state index contributed by atoms with van der Waals surface area (Å²) in [7, 11) is 1.86. The molecule has 4 nitrogen and oxygen atoms in total. The van der Waals surface area contributed by atoms with Crippen molar-refractivity contribution in [2.24, 2.45) is 0 Å². The summed E-state index contributed by atoms with van der Waals surface area (Å²) in [6.07, 6.45) is 3.84. The van der Waals surface area contributed by atoms with E-state index in [0.717, 1.165) is 22.6 Å². The number of imidazole rings is 1. The molecule has 108 valence electrons. The molecule has 0 saturated carbocycles. The van der Waals surface area contributed by atoms with Gasteiger partial charge in [0.25, 0.3) is 0 Å². The highest BCUT2D eigenvalue weighted by Crippen LogP contribution is 2.23. The maximum absolute atomic E-state index is 12.4. The van der Waals surface area contributed by atoms with Gasteiger partial charge in [-0.3, -0.25) is 0 Å². The van der Waals surface area contributed by atoms with Crippen LogP contribution in [-0.2, 0) is 0 Å². The molecular weight excluding hydrogens is 269 g/mol. The average molecular weight is 285 g/mol. The van der Waals surface area contributed by atoms with E-state index >= 15 is 0 Å². The monoisotopic (exact) mass is 285 g/mol. The van der Waals surface area contributed by atoms with E-state index in [1.807, 2.05) is 53.0 Å². The zero-order valence-electron chi connectivity index (χ0n) is 11.7. The number of fused-ring (bicyclic) bond motifs is 1. The first-order chi connectivity index (χ1) is 10.2. The Bertz CT molecular complexity index is 752. The molecule has 21 heavy (non-hydrogen) atoms. The van der Waals surface area contributed by atoms with Crippen molar-refractivity contribution < 1.29 is 9.50 Å². The minimum Gasteiger partial charge on any atom is -0.508 e. The van der Waals surface area contributed by atoms with Crippen LogP contribution in [0.5, 0.6) is 5.75 Å². The molecule has 2 aromatic heterocycles. The predicted octanol–water partition coefficient (Wildman–Crippen LogP) is 3.11. The summed E-state index contributed by atoms with van der Waals surface area (Å²) in [5.41, 5.74) is 3.51. The fourth-order valence-electron chi connectivity index (χ4n) is 2.24. The van der Waals surface area contributed by atoms with Crippen LogP contribution in [0.3, 0.4) is 0 Å². The number of phenolic OH excluding ortho intramolecular Hbond substituents is 1. The zero-order chi connectivity index (χ0) is 14.8. The number of hydrogen-bond acceptors (Lipinski definition) is 3. The van der Waals surface area contributed by atoms with Gasteiger partial charge >= 0.3 is 0 Å². The summed E-state index contributed by atoms with van der Waals surface area (Å²) in [5, 5.41) is 9.33. The number of rotatable bonds is 4. The van der Waals surface area contributed by atoms with Gasteiger partial charge in [0.2, 0.25) is 0 Å². The van der Waals surface area contributed by atoms with Gasteiger partial charge in [-0.25, -0.2) is 9.37 Å². The molecule has 0 amide bonds. The maximum Gasteiger partial charge on any atom is 0.139 e. The number of pyridine rings is 1. The third-order valence-electron chi connectivity index (χ3n) is 3.47. The number of aromatic hydroxyl groups is 1. The lowest BCUT2D eigenvalue weighted by Crippen LogP contribution is -2.19. The van der Waals surface area contributed by atoms with E-state index in [1.165, 1.54) is 0 Å². The van der Waals surface area contributed by atoms with E-state index in [-0.39, 0.29) is 12.4 Å². The first kappa shape index (κ1) is 13.4. The largest absolute Gasteiger partial charge is 0.508 e. The van der Waals surface area contributed by atoms with Crippen LogP contribution in [0.4, 0.5) is 10.1 Å². The second kappa shape index (κ2) is 5.44. The summed E-state index contributed by atoms with van der Waals surface area (Å²) >= 11 is 0. The van der Waals surface area contributed by atoms with Crippen molar-refractivity contribution in [3.8, 4) is 17.0 Å². The van der Waals surface area contributed by atoms with Crippen LogP contribution >= 0.6 is 0 Å². The molecule has 0 atom stereocenters. The minimum atomic E-state index is -0.380. The van der Waals surface area contributed by atoms with Crippen molar-refractivity contribution in [2.75, 3.05) is 25.2 Å². The molecule has 1 N–H and O–H groups in total. The quantitative estimate of drug-likeness (QED) is 0.800. The Hall–Kier alpha value is -2.56. The number of nitrogens with zero attached hydrogens (tertiary/aromatic N) is 3. The molecule has 0 aliphatic carbocycles. The number of benzene rings is 1. The Kier molecular flexibility index (Phi) is 3.48. The zero-order valence-corrected chi connectivity index (χ0v) is 11.7. The van der Waals surface area contributed by atoms with Gasteiger partial charge in [0.05, 0.1) is 5.69 Å². The second-order valence-corrected chi connectivity index (χ2v) is 4.93. The van der Waals surface area contributed by atoms with Crippen molar-refractivity contribution >= 4 is 11.3 Å². The van der Waals surface area contributed by atoms with Crippen LogP contribution in [0, 0.1) is 0 Å². The topological polar surface area (TPSA) is 40.8 Å². The lowest BCUT2D eigenvalue weighted by Gasteiger charge is -2.17. The number of hydrogen-bond donors (Lipinski definition) is 1. The van der Waals surface area contributed by atoms with Gasteiger partial charge in [0, 0.05) is 43.3 Å². The molecule has 5 heteroatoms. The second-order valence-electron chi connectivity index (χ2n) is 4.93. The Morgan fingerprint density at radius 2 is 2.00 bits per heavy atom. The molecule has 0 aliphatic rings. The Morgan fingerprint density at radius 3 is 2.71 bits per heavy atom. The molecule has 0 aliphatic heterocycles. The summed E-state index contributed by atoms with van der Waals surface area (Å²) in [4.78, 5) is 6.43. The van der Waals surface area contributed by atoms with E-state index < -0.39 is 0 Å². The highest BCUT2D eigenvalue weighted by atomic mass is 19.1. The van der Waals surface area contributed by atoms with Gasteiger partial charge in [0.15, 0.2) is 0 Å². The molecule has 0 fully saturated rings. The van der Waals surface area contributed by atoms with Crippen LogP contribution in [0.1, 0.15) is 0 Å². The van der Waals surface area contributed by atoms with Gasteiger partial charge in [-0.2, -0.15) is 0 Å². The average Bonchev–Trinajstić information content (AvgIpc) is 2.91. The van der Waals surface area contributed by atoms with E-state index in [1.54, 1.807) is 12.1 Å². The van der Waals surface area contributed by atoms with Crippen LogP contribution in [0.15, 0.2) is 48.8 Å². The van der Waals surface area contributed by atoms with Crippen molar-refractivity contribution in [2.45, 2.75) is 0 Å². The van der Waals surface area contributed by atoms with E-state index in [2.05, 4.69) is 4.98 Å². The number of phenols is 1. The number of halogens is 1. The molecule has 0 saturated heterocycles. The van der Waals surface area contributed by atoms with Gasteiger partial charge in [-0.1, -0.05) is 0 Å². The highest BCUT2D eigenvalue weighted by molar-refractivity contribution is 5.65. The van der Waals surface area contributed by atoms with Gasteiger partial charge < -0.3 is 14.4 Å². The summed E-state index contributed by atoms with van der Waals surface area (Å²) < 4.78 is 14.3. The van der Waals surface area contributed by atoms with E-state index in [9.17, 15) is 9.50 Å². The highest BCUT2D eigenvalue weighted by Gasteiger charge is 2.07. The van der Waals surface area contributed by atoms with Gasteiger partial charge in [-0.05, 0) is 30.3 Å². The Balaban J connectivity index is 1.98. The van der Waals surface area contributed by atoms with Crippen LogP contribution in [0.25, 0.3) is 16.9 Å². The first-order valence-corrected chi connectivity index (χ1v) is 6.72. The number of aromatic nitrogens is 2. The Labute approximate surface area is 122 Å². The van der Waals surface area contributed by atoms with E-state index in [4.69, 9.17) is 0 Å². The Morgan fingerprint density at radius 1 is 1.24 bits per heavy atom. The molecule has 0 radical (unpaired) electrons. The number of anilines is 1. The van der Waals surface area contributed by atoms with Crippen molar-refractivity contribution in [1.29, 1.82) is 0 Å². The van der Waals surface area contributed by atoms with Crippen molar-refractivity contribution in [3.05, 3.63) is 48.8 Å². The molecular formula is C16H16FN3O.